The fraction of sp³-hybridized carbons (Fsp3) is 1.00. The van der Waals surface area contributed by atoms with E-state index in [4.69, 9.17) is 15.2 Å². The van der Waals surface area contributed by atoms with E-state index in [0.717, 1.165) is 19.4 Å². The number of aliphatic hydroxyl groups is 1. The number of methoxy groups -OCH3 is 1. The molecule has 0 aliphatic carbocycles. The highest BCUT2D eigenvalue weighted by atomic mass is 16.5. The molecule has 1 heterocycles. The van der Waals surface area contributed by atoms with Gasteiger partial charge in [-0.3, -0.25) is 0 Å². The van der Waals surface area contributed by atoms with E-state index in [0.29, 0.717) is 19.6 Å². The Kier molecular flexibility index (Phi) is 4.73. The smallest absolute Gasteiger partial charge is 0.0657 e. The zero-order valence-corrected chi connectivity index (χ0v) is 10.7. The van der Waals surface area contributed by atoms with Gasteiger partial charge in [0, 0.05) is 32.1 Å². The summed E-state index contributed by atoms with van der Waals surface area (Å²) in [7, 11) is 1.67. The van der Waals surface area contributed by atoms with E-state index >= 15 is 0 Å². The van der Waals surface area contributed by atoms with Crippen LogP contribution in [-0.2, 0) is 9.47 Å². The van der Waals surface area contributed by atoms with Crippen molar-refractivity contribution in [3.8, 4) is 0 Å². The lowest BCUT2D eigenvalue weighted by Gasteiger charge is -2.42. The summed E-state index contributed by atoms with van der Waals surface area (Å²) in [6, 6.07) is 0. The summed E-state index contributed by atoms with van der Waals surface area (Å²) >= 11 is 0. The third kappa shape index (κ3) is 3.17. The first-order valence-corrected chi connectivity index (χ1v) is 5.97. The Balaban J connectivity index is 2.64. The molecule has 96 valence electrons. The minimum Gasteiger partial charge on any atom is -0.392 e. The molecule has 1 fully saturated rings. The Morgan fingerprint density at radius 1 is 1.56 bits per heavy atom. The van der Waals surface area contributed by atoms with Crippen molar-refractivity contribution in [1.82, 2.24) is 0 Å². The third-order valence-electron chi connectivity index (χ3n) is 3.70. The second kappa shape index (κ2) is 5.45. The lowest BCUT2D eigenvalue weighted by atomic mass is 9.74. The van der Waals surface area contributed by atoms with Gasteiger partial charge < -0.3 is 20.3 Å². The Morgan fingerprint density at radius 3 is 2.69 bits per heavy atom. The highest BCUT2D eigenvalue weighted by Crippen LogP contribution is 2.35. The van der Waals surface area contributed by atoms with Crippen LogP contribution in [0.4, 0.5) is 0 Å². The van der Waals surface area contributed by atoms with Gasteiger partial charge in [-0.15, -0.1) is 0 Å². The maximum atomic E-state index is 10.4. The monoisotopic (exact) mass is 231 g/mol. The molecular weight excluding hydrogens is 206 g/mol. The molecule has 2 atom stereocenters. The fourth-order valence-corrected chi connectivity index (χ4v) is 2.20. The molecule has 0 aromatic carbocycles. The van der Waals surface area contributed by atoms with Crippen LogP contribution in [0.2, 0.25) is 0 Å². The molecule has 0 aromatic heterocycles. The minimum absolute atomic E-state index is 0.284. The topological polar surface area (TPSA) is 64.7 Å². The number of hydrogen-bond acceptors (Lipinski definition) is 4. The van der Waals surface area contributed by atoms with Crippen LogP contribution in [0.25, 0.3) is 0 Å². The van der Waals surface area contributed by atoms with Crippen LogP contribution in [0, 0.1) is 5.41 Å². The average molecular weight is 231 g/mol. The molecule has 0 saturated carbocycles. The van der Waals surface area contributed by atoms with E-state index in [1.807, 2.05) is 13.8 Å². The molecule has 1 rings (SSSR count). The first-order valence-electron chi connectivity index (χ1n) is 5.97. The van der Waals surface area contributed by atoms with Gasteiger partial charge in [-0.2, -0.15) is 0 Å². The lowest BCUT2D eigenvalue weighted by molar-refractivity contribution is -0.108. The molecule has 0 spiro atoms. The van der Waals surface area contributed by atoms with Gasteiger partial charge in [0.1, 0.15) is 0 Å². The molecule has 4 nitrogen and oxygen atoms in total. The summed E-state index contributed by atoms with van der Waals surface area (Å²) in [4.78, 5) is 0. The van der Waals surface area contributed by atoms with Gasteiger partial charge in [0.05, 0.1) is 18.3 Å². The SMILES string of the molecule is COC(C)(C)CC(O)C1(CN)CCCOC1. The first-order chi connectivity index (χ1) is 7.46. The van der Waals surface area contributed by atoms with E-state index in [9.17, 15) is 5.11 Å². The normalized spacial score (nSPS) is 29.1. The standard InChI is InChI=1S/C12H25NO3/c1-11(2,15-3)7-10(14)12(8-13)5-4-6-16-9-12/h10,14H,4-9,13H2,1-3H3. The van der Waals surface area contributed by atoms with Gasteiger partial charge in [0.2, 0.25) is 0 Å². The van der Waals surface area contributed by atoms with Crippen LogP contribution >= 0.6 is 0 Å². The maximum Gasteiger partial charge on any atom is 0.0657 e. The average Bonchev–Trinajstić information content (AvgIpc) is 2.29. The van der Waals surface area contributed by atoms with Crippen molar-refractivity contribution in [2.45, 2.75) is 44.8 Å². The Morgan fingerprint density at radius 2 is 2.25 bits per heavy atom. The van der Waals surface area contributed by atoms with Crippen molar-refractivity contribution in [2.75, 3.05) is 26.9 Å². The van der Waals surface area contributed by atoms with Gasteiger partial charge in [-0.05, 0) is 26.7 Å². The van der Waals surface area contributed by atoms with Crippen LogP contribution in [0.15, 0.2) is 0 Å². The molecule has 16 heavy (non-hydrogen) atoms. The fourth-order valence-electron chi connectivity index (χ4n) is 2.20. The van der Waals surface area contributed by atoms with Gasteiger partial charge in [0.15, 0.2) is 0 Å². The van der Waals surface area contributed by atoms with Crippen molar-refractivity contribution < 1.29 is 14.6 Å². The molecule has 4 heteroatoms. The summed E-state index contributed by atoms with van der Waals surface area (Å²) in [5, 5.41) is 10.4. The quantitative estimate of drug-likeness (QED) is 0.738. The molecule has 0 bridgehead atoms. The maximum absolute atomic E-state index is 10.4. The van der Waals surface area contributed by atoms with Crippen LogP contribution in [0.5, 0.6) is 0 Å². The van der Waals surface area contributed by atoms with Gasteiger partial charge in [-0.25, -0.2) is 0 Å². The predicted octanol–water partition coefficient (Wildman–Crippen LogP) is 0.918. The summed E-state index contributed by atoms with van der Waals surface area (Å²) in [6.45, 7) is 5.76. The number of rotatable bonds is 5. The van der Waals surface area contributed by atoms with Crippen LogP contribution in [-0.4, -0.2) is 43.7 Å². The molecule has 1 saturated heterocycles. The third-order valence-corrected chi connectivity index (χ3v) is 3.70. The van der Waals surface area contributed by atoms with Gasteiger partial charge in [0.25, 0.3) is 0 Å². The molecule has 1 aliphatic rings. The molecule has 0 radical (unpaired) electrons. The lowest BCUT2D eigenvalue weighted by Crippen LogP contribution is -2.50. The predicted molar refractivity (Wildman–Crippen MR) is 63.3 cm³/mol. The van der Waals surface area contributed by atoms with E-state index in [2.05, 4.69) is 0 Å². The summed E-state index contributed by atoms with van der Waals surface area (Å²) in [5.74, 6) is 0. The summed E-state index contributed by atoms with van der Waals surface area (Å²) in [5.41, 5.74) is 5.21. The molecule has 3 N–H and O–H groups in total. The summed E-state index contributed by atoms with van der Waals surface area (Å²) < 4.78 is 10.8. The number of hydrogen-bond donors (Lipinski definition) is 2. The van der Waals surface area contributed by atoms with Crippen molar-refractivity contribution in [1.29, 1.82) is 0 Å². The van der Waals surface area contributed by atoms with E-state index < -0.39 is 6.10 Å². The van der Waals surface area contributed by atoms with Crippen molar-refractivity contribution in [3.05, 3.63) is 0 Å². The van der Waals surface area contributed by atoms with E-state index in [-0.39, 0.29) is 11.0 Å². The Hall–Kier alpha value is -0.160. The second-order valence-corrected chi connectivity index (χ2v) is 5.41. The Bertz CT molecular complexity index is 212. The van der Waals surface area contributed by atoms with Crippen molar-refractivity contribution in [2.24, 2.45) is 11.1 Å². The highest BCUT2D eigenvalue weighted by Gasteiger charge is 2.41. The van der Waals surface area contributed by atoms with Crippen molar-refractivity contribution in [3.63, 3.8) is 0 Å². The van der Waals surface area contributed by atoms with Crippen LogP contribution in [0.3, 0.4) is 0 Å². The number of nitrogens with two attached hydrogens (primary N) is 1. The Labute approximate surface area is 98.1 Å². The number of ether oxygens (including phenoxy) is 2. The minimum atomic E-state index is -0.465. The highest BCUT2D eigenvalue weighted by molar-refractivity contribution is 4.92. The van der Waals surface area contributed by atoms with Crippen molar-refractivity contribution >= 4 is 0 Å². The second-order valence-electron chi connectivity index (χ2n) is 5.41. The summed E-state index contributed by atoms with van der Waals surface area (Å²) in [6.07, 6.45) is 2.03. The molecule has 0 aromatic rings. The molecule has 1 aliphatic heterocycles. The number of aliphatic hydroxyl groups excluding tert-OH is 1. The first kappa shape index (κ1) is 13.9. The van der Waals surface area contributed by atoms with Crippen LogP contribution in [0.1, 0.15) is 33.1 Å². The van der Waals surface area contributed by atoms with Crippen LogP contribution < -0.4 is 5.73 Å². The zero-order chi connectivity index (χ0) is 12.2. The molecular formula is C12H25NO3. The van der Waals surface area contributed by atoms with Gasteiger partial charge in [-0.1, -0.05) is 0 Å². The molecule has 2 unspecified atom stereocenters. The van der Waals surface area contributed by atoms with Gasteiger partial charge >= 0.3 is 0 Å². The zero-order valence-electron chi connectivity index (χ0n) is 10.7. The largest absolute Gasteiger partial charge is 0.392 e. The van der Waals surface area contributed by atoms with E-state index in [1.54, 1.807) is 7.11 Å². The molecule has 0 amide bonds. The van der Waals surface area contributed by atoms with E-state index in [1.165, 1.54) is 0 Å².